The molecule has 0 fully saturated rings. The summed E-state index contributed by atoms with van der Waals surface area (Å²) in [5, 5.41) is 3.04. The monoisotopic (exact) mass is 530 g/mol. The van der Waals surface area contributed by atoms with E-state index >= 15 is 0 Å². The molecule has 3 aromatic rings. The van der Waals surface area contributed by atoms with Gasteiger partial charge >= 0.3 is 0 Å². The molecular formula is C33H42N2O4. The Morgan fingerprint density at radius 2 is 1.54 bits per heavy atom. The third kappa shape index (κ3) is 9.17. The Balaban J connectivity index is 1.88. The summed E-state index contributed by atoms with van der Waals surface area (Å²) in [4.78, 5) is 29.1. The summed E-state index contributed by atoms with van der Waals surface area (Å²) in [6, 6.07) is 23.2. The zero-order valence-corrected chi connectivity index (χ0v) is 23.7. The fourth-order valence-corrected chi connectivity index (χ4v) is 4.57. The lowest BCUT2D eigenvalue weighted by atomic mass is 10.0. The standard InChI is InChI=1S/C33H42N2O4/c1-5-20-34-33(37)29(22-26-13-9-8-10-14-26)35(24-28-15-11-12-25(4)21-28)32(36)19-17-27-16-18-30(38-6-2)31(23-27)39-7-3/h8-16,18,21,23,29H,5-7,17,19-20,22,24H2,1-4H3,(H,34,37). The number of aryl methyl sites for hydroxylation is 2. The summed E-state index contributed by atoms with van der Waals surface area (Å²) in [6.45, 7) is 9.95. The highest BCUT2D eigenvalue weighted by Crippen LogP contribution is 2.29. The van der Waals surface area contributed by atoms with Crippen LogP contribution in [-0.2, 0) is 29.0 Å². The largest absolute Gasteiger partial charge is 0.490 e. The van der Waals surface area contributed by atoms with Crippen LogP contribution in [0.4, 0.5) is 0 Å². The minimum Gasteiger partial charge on any atom is -0.490 e. The Hall–Kier alpha value is -3.80. The molecule has 208 valence electrons. The van der Waals surface area contributed by atoms with E-state index in [2.05, 4.69) is 11.4 Å². The van der Waals surface area contributed by atoms with E-state index in [0.29, 0.717) is 50.6 Å². The third-order valence-corrected chi connectivity index (χ3v) is 6.49. The molecule has 3 aromatic carbocycles. The SMILES string of the molecule is CCCNC(=O)C(Cc1ccccc1)N(Cc1cccc(C)c1)C(=O)CCc1ccc(OCC)c(OCC)c1. The predicted octanol–water partition coefficient (Wildman–Crippen LogP) is 5.89. The lowest BCUT2D eigenvalue weighted by Gasteiger charge is -2.32. The second-order valence-electron chi connectivity index (χ2n) is 9.65. The maximum atomic E-state index is 13.9. The van der Waals surface area contributed by atoms with Crippen molar-refractivity contribution in [3.63, 3.8) is 0 Å². The molecule has 0 aliphatic rings. The second-order valence-corrected chi connectivity index (χ2v) is 9.65. The van der Waals surface area contributed by atoms with Gasteiger partial charge in [-0.1, -0.05) is 73.2 Å². The molecule has 0 spiro atoms. The van der Waals surface area contributed by atoms with E-state index < -0.39 is 6.04 Å². The van der Waals surface area contributed by atoms with Crippen molar-refractivity contribution in [3.05, 3.63) is 95.1 Å². The van der Waals surface area contributed by atoms with Crippen LogP contribution in [0.3, 0.4) is 0 Å². The topological polar surface area (TPSA) is 67.9 Å². The number of carbonyl (C=O) groups is 2. The van der Waals surface area contributed by atoms with Crippen molar-refractivity contribution in [2.75, 3.05) is 19.8 Å². The van der Waals surface area contributed by atoms with Gasteiger partial charge in [0.15, 0.2) is 11.5 Å². The Kier molecular flexibility index (Phi) is 11.9. The van der Waals surface area contributed by atoms with Crippen LogP contribution >= 0.6 is 0 Å². The Morgan fingerprint density at radius 1 is 0.821 bits per heavy atom. The number of carbonyl (C=O) groups excluding carboxylic acids is 2. The highest BCUT2D eigenvalue weighted by atomic mass is 16.5. The average molecular weight is 531 g/mol. The van der Waals surface area contributed by atoms with E-state index in [-0.39, 0.29) is 18.2 Å². The molecule has 1 N–H and O–H groups in total. The zero-order valence-electron chi connectivity index (χ0n) is 23.7. The first kappa shape index (κ1) is 29.8. The van der Waals surface area contributed by atoms with Crippen LogP contribution in [0.2, 0.25) is 0 Å². The van der Waals surface area contributed by atoms with Crippen LogP contribution in [0.15, 0.2) is 72.8 Å². The van der Waals surface area contributed by atoms with Crippen molar-refractivity contribution >= 4 is 11.8 Å². The molecule has 0 aliphatic carbocycles. The quantitative estimate of drug-likeness (QED) is 0.266. The van der Waals surface area contributed by atoms with E-state index in [9.17, 15) is 9.59 Å². The molecule has 0 aromatic heterocycles. The van der Waals surface area contributed by atoms with Gasteiger partial charge in [0, 0.05) is 25.9 Å². The van der Waals surface area contributed by atoms with Crippen LogP contribution in [0, 0.1) is 6.92 Å². The van der Waals surface area contributed by atoms with Crippen LogP contribution in [0.1, 0.15) is 55.9 Å². The third-order valence-electron chi connectivity index (χ3n) is 6.49. The average Bonchev–Trinajstić information content (AvgIpc) is 2.94. The summed E-state index contributed by atoms with van der Waals surface area (Å²) >= 11 is 0. The van der Waals surface area contributed by atoms with Gasteiger partial charge in [-0.2, -0.15) is 0 Å². The Labute approximate surface area is 233 Å². The minimum absolute atomic E-state index is 0.0593. The van der Waals surface area contributed by atoms with Crippen molar-refractivity contribution in [3.8, 4) is 11.5 Å². The molecule has 0 radical (unpaired) electrons. The number of amides is 2. The lowest BCUT2D eigenvalue weighted by Crippen LogP contribution is -2.50. The number of ether oxygens (including phenoxy) is 2. The van der Waals surface area contributed by atoms with E-state index in [1.807, 2.05) is 94.4 Å². The maximum absolute atomic E-state index is 13.9. The van der Waals surface area contributed by atoms with Gasteiger partial charge in [-0.25, -0.2) is 0 Å². The molecule has 2 amide bonds. The van der Waals surface area contributed by atoms with Crippen molar-refractivity contribution in [1.82, 2.24) is 10.2 Å². The molecule has 3 rings (SSSR count). The first-order valence-corrected chi connectivity index (χ1v) is 14.0. The number of rotatable bonds is 15. The molecule has 0 saturated heterocycles. The predicted molar refractivity (Wildman–Crippen MR) is 156 cm³/mol. The van der Waals surface area contributed by atoms with E-state index in [1.165, 1.54) is 0 Å². The maximum Gasteiger partial charge on any atom is 0.243 e. The summed E-state index contributed by atoms with van der Waals surface area (Å²) in [6.07, 6.45) is 2.09. The van der Waals surface area contributed by atoms with Gasteiger partial charge in [0.25, 0.3) is 0 Å². The smallest absolute Gasteiger partial charge is 0.243 e. The highest BCUT2D eigenvalue weighted by Gasteiger charge is 2.30. The molecule has 39 heavy (non-hydrogen) atoms. The van der Waals surface area contributed by atoms with Crippen molar-refractivity contribution in [2.45, 2.75) is 66.0 Å². The molecule has 1 unspecified atom stereocenters. The number of hydrogen-bond donors (Lipinski definition) is 1. The summed E-state index contributed by atoms with van der Waals surface area (Å²) in [7, 11) is 0. The van der Waals surface area contributed by atoms with Crippen molar-refractivity contribution < 1.29 is 19.1 Å². The van der Waals surface area contributed by atoms with Gasteiger partial charge < -0.3 is 19.7 Å². The molecule has 6 heteroatoms. The zero-order chi connectivity index (χ0) is 28.0. The van der Waals surface area contributed by atoms with Crippen LogP contribution < -0.4 is 14.8 Å². The first-order chi connectivity index (χ1) is 18.9. The molecule has 6 nitrogen and oxygen atoms in total. The van der Waals surface area contributed by atoms with E-state index in [4.69, 9.17) is 9.47 Å². The molecule has 0 saturated carbocycles. The molecular weight excluding hydrogens is 488 g/mol. The molecule has 0 heterocycles. The van der Waals surface area contributed by atoms with Gasteiger partial charge in [0.05, 0.1) is 13.2 Å². The molecule has 0 bridgehead atoms. The normalized spacial score (nSPS) is 11.5. The van der Waals surface area contributed by atoms with E-state index in [1.54, 1.807) is 4.90 Å². The van der Waals surface area contributed by atoms with Gasteiger partial charge in [0.2, 0.25) is 11.8 Å². The summed E-state index contributed by atoms with van der Waals surface area (Å²) < 4.78 is 11.5. The molecule has 0 aliphatic heterocycles. The second kappa shape index (κ2) is 15.6. The van der Waals surface area contributed by atoms with Gasteiger partial charge in [-0.15, -0.1) is 0 Å². The first-order valence-electron chi connectivity index (χ1n) is 14.0. The van der Waals surface area contributed by atoms with Crippen molar-refractivity contribution in [2.24, 2.45) is 0 Å². The number of nitrogens with one attached hydrogen (secondary N) is 1. The fourth-order valence-electron chi connectivity index (χ4n) is 4.57. The van der Waals surface area contributed by atoms with Crippen LogP contribution in [-0.4, -0.2) is 42.5 Å². The van der Waals surface area contributed by atoms with Crippen LogP contribution in [0.25, 0.3) is 0 Å². The van der Waals surface area contributed by atoms with Crippen LogP contribution in [0.5, 0.6) is 11.5 Å². The summed E-state index contributed by atoms with van der Waals surface area (Å²) in [5.41, 5.74) is 4.13. The minimum atomic E-state index is -0.619. The number of hydrogen-bond acceptors (Lipinski definition) is 4. The van der Waals surface area contributed by atoms with Gasteiger partial charge in [-0.05, 0) is 62.4 Å². The van der Waals surface area contributed by atoms with Crippen molar-refractivity contribution in [1.29, 1.82) is 0 Å². The fraction of sp³-hybridized carbons (Fsp3) is 0.394. The number of benzene rings is 3. The lowest BCUT2D eigenvalue weighted by molar-refractivity contribution is -0.141. The van der Waals surface area contributed by atoms with E-state index in [0.717, 1.165) is 28.7 Å². The van der Waals surface area contributed by atoms with Gasteiger partial charge in [-0.3, -0.25) is 9.59 Å². The summed E-state index contributed by atoms with van der Waals surface area (Å²) in [5.74, 6) is 1.20. The molecule has 1 atom stereocenters. The Morgan fingerprint density at radius 3 is 2.23 bits per heavy atom. The highest BCUT2D eigenvalue weighted by molar-refractivity contribution is 5.88. The van der Waals surface area contributed by atoms with Gasteiger partial charge in [0.1, 0.15) is 6.04 Å². The number of nitrogens with zero attached hydrogens (tertiary/aromatic N) is 1. The Bertz CT molecular complexity index is 1200.